The molecule has 2 aromatic carbocycles. The highest BCUT2D eigenvalue weighted by Crippen LogP contribution is 2.36. The number of aromatic nitrogens is 3. The van der Waals surface area contributed by atoms with Gasteiger partial charge < -0.3 is 0 Å². The van der Waals surface area contributed by atoms with Crippen LogP contribution in [0.25, 0.3) is 32.2 Å². The Hall–Kier alpha value is -3.64. The topological polar surface area (TPSA) is 63.1 Å². The molecule has 0 aliphatic rings. The maximum absolute atomic E-state index is 4.44. The second-order valence-electron chi connectivity index (χ2n) is 6.21. The van der Waals surface area contributed by atoms with Crippen molar-refractivity contribution in [3.05, 3.63) is 84.1 Å². The first-order valence-electron chi connectivity index (χ1n) is 8.80. The molecule has 5 aromatic rings. The molecule has 28 heavy (non-hydrogen) atoms. The van der Waals surface area contributed by atoms with E-state index in [2.05, 4.69) is 43.0 Å². The van der Waals surface area contributed by atoms with Crippen molar-refractivity contribution in [3.8, 4) is 11.1 Å². The van der Waals surface area contributed by atoms with Crippen LogP contribution in [0.1, 0.15) is 5.56 Å². The molecule has 0 aliphatic heterocycles. The van der Waals surface area contributed by atoms with Crippen LogP contribution in [0.5, 0.6) is 0 Å². The smallest absolute Gasteiger partial charge is 0.159 e. The highest BCUT2D eigenvalue weighted by molar-refractivity contribution is 7.17. The van der Waals surface area contributed by atoms with E-state index in [9.17, 15) is 0 Å². The van der Waals surface area contributed by atoms with Crippen molar-refractivity contribution in [2.24, 2.45) is 5.10 Å². The van der Waals surface area contributed by atoms with Crippen LogP contribution in [-0.4, -0.2) is 21.2 Å². The third kappa shape index (κ3) is 3.00. The van der Waals surface area contributed by atoms with E-state index in [-0.39, 0.29) is 0 Å². The second-order valence-corrected chi connectivity index (χ2v) is 7.06. The predicted molar refractivity (Wildman–Crippen MR) is 116 cm³/mol. The SMILES string of the molecule is C(=NNc1ncnc2scc(-c3ccccc3)c12)c1ccnc2ccccc12. The quantitative estimate of drug-likeness (QED) is 0.337. The van der Waals surface area contributed by atoms with Crippen LogP contribution in [0, 0.1) is 0 Å². The van der Waals surface area contributed by atoms with Gasteiger partial charge in [-0.2, -0.15) is 5.10 Å². The number of anilines is 1. The molecule has 0 saturated carbocycles. The highest BCUT2D eigenvalue weighted by atomic mass is 32.1. The minimum absolute atomic E-state index is 0.694. The van der Waals surface area contributed by atoms with Gasteiger partial charge in [-0.05, 0) is 17.7 Å². The van der Waals surface area contributed by atoms with Gasteiger partial charge in [-0.15, -0.1) is 11.3 Å². The fraction of sp³-hybridized carbons (Fsp3) is 0. The molecule has 5 nitrogen and oxygen atoms in total. The van der Waals surface area contributed by atoms with E-state index in [4.69, 9.17) is 0 Å². The van der Waals surface area contributed by atoms with Crippen LogP contribution in [-0.2, 0) is 0 Å². The minimum Gasteiger partial charge on any atom is -0.261 e. The normalized spacial score (nSPS) is 11.4. The van der Waals surface area contributed by atoms with Gasteiger partial charge in [0.15, 0.2) is 5.82 Å². The summed E-state index contributed by atoms with van der Waals surface area (Å²) in [5.74, 6) is 0.694. The molecule has 0 fully saturated rings. The highest BCUT2D eigenvalue weighted by Gasteiger charge is 2.12. The Balaban J connectivity index is 1.52. The van der Waals surface area contributed by atoms with Gasteiger partial charge in [0, 0.05) is 28.1 Å². The number of para-hydroxylation sites is 1. The number of hydrogen-bond donors (Lipinski definition) is 1. The Kier molecular flexibility index (Phi) is 4.23. The van der Waals surface area contributed by atoms with Crippen LogP contribution in [0.4, 0.5) is 5.82 Å². The molecule has 134 valence electrons. The lowest BCUT2D eigenvalue weighted by molar-refractivity contribution is 1.19. The van der Waals surface area contributed by atoms with Crippen molar-refractivity contribution in [3.63, 3.8) is 0 Å². The summed E-state index contributed by atoms with van der Waals surface area (Å²) < 4.78 is 0. The van der Waals surface area contributed by atoms with Crippen molar-refractivity contribution in [1.29, 1.82) is 0 Å². The molecular formula is C22H15N5S. The summed E-state index contributed by atoms with van der Waals surface area (Å²) >= 11 is 1.60. The van der Waals surface area contributed by atoms with Gasteiger partial charge in [0.05, 0.1) is 17.1 Å². The molecule has 0 amide bonds. The van der Waals surface area contributed by atoms with E-state index in [0.29, 0.717) is 5.82 Å². The zero-order valence-corrected chi connectivity index (χ0v) is 15.6. The third-order valence-corrected chi connectivity index (χ3v) is 5.40. The number of hydrogen-bond acceptors (Lipinski definition) is 6. The summed E-state index contributed by atoms with van der Waals surface area (Å²) in [6.45, 7) is 0. The second kappa shape index (κ2) is 7.17. The molecule has 3 aromatic heterocycles. The van der Waals surface area contributed by atoms with Gasteiger partial charge in [-0.3, -0.25) is 10.4 Å². The maximum atomic E-state index is 4.44. The molecule has 0 atom stereocenters. The molecule has 5 rings (SSSR count). The Morgan fingerprint density at radius 3 is 2.68 bits per heavy atom. The Morgan fingerprint density at radius 1 is 0.893 bits per heavy atom. The number of thiophene rings is 1. The molecule has 0 radical (unpaired) electrons. The van der Waals surface area contributed by atoms with E-state index in [1.54, 1.807) is 30.1 Å². The summed E-state index contributed by atoms with van der Waals surface area (Å²) in [5, 5.41) is 8.59. The molecule has 0 spiro atoms. The molecule has 0 unspecified atom stereocenters. The molecule has 6 heteroatoms. The Labute approximate surface area is 165 Å². The van der Waals surface area contributed by atoms with Crippen molar-refractivity contribution in [1.82, 2.24) is 15.0 Å². The fourth-order valence-corrected chi connectivity index (χ4v) is 4.10. The largest absolute Gasteiger partial charge is 0.261 e. The summed E-state index contributed by atoms with van der Waals surface area (Å²) in [5.41, 5.74) is 7.28. The molecule has 0 saturated heterocycles. The predicted octanol–water partition coefficient (Wildman–Crippen LogP) is 5.35. The summed E-state index contributed by atoms with van der Waals surface area (Å²) in [6, 6.07) is 20.2. The first-order chi connectivity index (χ1) is 13.9. The first-order valence-corrected chi connectivity index (χ1v) is 9.68. The summed E-state index contributed by atoms with van der Waals surface area (Å²) in [4.78, 5) is 14.1. The average molecular weight is 381 g/mol. The van der Waals surface area contributed by atoms with Gasteiger partial charge in [0.2, 0.25) is 0 Å². The number of hydrazone groups is 1. The summed E-state index contributed by atoms with van der Waals surface area (Å²) in [7, 11) is 0. The van der Waals surface area contributed by atoms with E-state index in [1.807, 2.05) is 48.5 Å². The van der Waals surface area contributed by atoms with Crippen molar-refractivity contribution in [2.45, 2.75) is 0 Å². The number of rotatable bonds is 4. The van der Waals surface area contributed by atoms with Gasteiger partial charge in [-0.1, -0.05) is 48.5 Å². The average Bonchev–Trinajstić information content (AvgIpc) is 3.20. The molecule has 3 heterocycles. The van der Waals surface area contributed by atoms with E-state index < -0.39 is 0 Å². The van der Waals surface area contributed by atoms with Crippen LogP contribution in [0.15, 0.2) is 83.7 Å². The lowest BCUT2D eigenvalue weighted by Crippen LogP contribution is -1.96. The van der Waals surface area contributed by atoms with Crippen molar-refractivity contribution >= 4 is 44.5 Å². The van der Waals surface area contributed by atoms with E-state index >= 15 is 0 Å². The molecular weight excluding hydrogens is 366 g/mol. The van der Waals surface area contributed by atoms with Gasteiger partial charge >= 0.3 is 0 Å². The minimum atomic E-state index is 0.694. The fourth-order valence-electron chi connectivity index (χ4n) is 3.18. The number of fused-ring (bicyclic) bond motifs is 2. The van der Waals surface area contributed by atoms with Gasteiger partial charge in [0.25, 0.3) is 0 Å². The van der Waals surface area contributed by atoms with Crippen LogP contribution >= 0.6 is 11.3 Å². The standard InChI is InChI=1S/C22H15N5S/c1-2-6-15(7-3-1)18-13-28-22-20(18)21(24-14-25-22)27-26-12-16-10-11-23-19-9-5-4-8-17(16)19/h1-14H,(H,24,25,27). The maximum Gasteiger partial charge on any atom is 0.159 e. The van der Waals surface area contributed by atoms with Gasteiger partial charge in [0.1, 0.15) is 11.2 Å². The number of benzene rings is 2. The monoisotopic (exact) mass is 381 g/mol. The summed E-state index contributed by atoms with van der Waals surface area (Å²) in [6.07, 6.45) is 5.15. The Bertz CT molecular complexity index is 1290. The zero-order chi connectivity index (χ0) is 18.8. The zero-order valence-electron chi connectivity index (χ0n) is 14.8. The van der Waals surface area contributed by atoms with Crippen molar-refractivity contribution < 1.29 is 0 Å². The van der Waals surface area contributed by atoms with Crippen LogP contribution in [0.3, 0.4) is 0 Å². The molecule has 0 bridgehead atoms. The molecule has 0 aliphatic carbocycles. The molecule has 1 N–H and O–H groups in total. The van der Waals surface area contributed by atoms with Crippen LogP contribution in [0.2, 0.25) is 0 Å². The Morgan fingerprint density at radius 2 is 1.75 bits per heavy atom. The van der Waals surface area contributed by atoms with E-state index in [1.165, 1.54) is 0 Å². The van der Waals surface area contributed by atoms with Gasteiger partial charge in [-0.25, -0.2) is 9.97 Å². The lowest BCUT2D eigenvalue weighted by Gasteiger charge is -2.05. The van der Waals surface area contributed by atoms with E-state index in [0.717, 1.165) is 37.8 Å². The number of nitrogens with zero attached hydrogens (tertiary/aromatic N) is 4. The number of nitrogens with one attached hydrogen (secondary N) is 1. The van der Waals surface area contributed by atoms with Crippen LogP contribution < -0.4 is 5.43 Å². The number of pyridine rings is 1. The first kappa shape index (κ1) is 16.5. The third-order valence-electron chi connectivity index (χ3n) is 4.51. The lowest BCUT2D eigenvalue weighted by atomic mass is 10.1. The van der Waals surface area contributed by atoms with Crippen molar-refractivity contribution in [2.75, 3.05) is 5.43 Å².